The predicted molar refractivity (Wildman–Crippen MR) is 87.7 cm³/mol. The van der Waals surface area contributed by atoms with E-state index in [0.717, 1.165) is 28.1 Å². The summed E-state index contributed by atoms with van der Waals surface area (Å²) in [6, 6.07) is 3.79. The summed E-state index contributed by atoms with van der Waals surface area (Å²) in [5.74, 6) is 1.52. The normalized spacial score (nSPS) is 11.0. The van der Waals surface area contributed by atoms with Crippen LogP contribution in [0.4, 0.5) is 0 Å². The highest BCUT2D eigenvalue weighted by Gasteiger charge is 2.12. The molecule has 114 valence electrons. The van der Waals surface area contributed by atoms with Crippen LogP contribution in [-0.2, 0) is 17.9 Å². The minimum Gasteiger partial charge on any atom is -0.373 e. The van der Waals surface area contributed by atoms with Crippen LogP contribution >= 0.6 is 22.9 Å². The van der Waals surface area contributed by atoms with Crippen LogP contribution in [0.2, 0.25) is 4.34 Å². The molecule has 2 heterocycles. The number of rotatable bonds is 9. The topological polar surface area (TPSA) is 39.9 Å². The lowest BCUT2D eigenvalue weighted by molar-refractivity contribution is 0.109. The third kappa shape index (κ3) is 4.66. The second-order valence-electron chi connectivity index (χ2n) is 4.69. The number of halogens is 1. The van der Waals surface area contributed by atoms with Gasteiger partial charge in [0, 0.05) is 6.61 Å². The maximum Gasteiger partial charge on any atom is 0.191 e. The largest absolute Gasteiger partial charge is 0.373 e. The maximum absolute atomic E-state index is 5.97. The summed E-state index contributed by atoms with van der Waals surface area (Å²) >= 11 is 7.44. The predicted octanol–water partition coefficient (Wildman–Crippen LogP) is 4.55. The molecule has 0 aliphatic carbocycles. The van der Waals surface area contributed by atoms with E-state index >= 15 is 0 Å². The van der Waals surface area contributed by atoms with E-state index in [-0.39, 0.29) is 0 Å². The molecule has 0 saturated heterocycles. The van der Waals surface area contributed by atoms with Gasteiger partial charge in [0.05, 0.1) is 15.8 Å². The number of hydrogen-bond acceptors (Lipinski definition) is 4. The molecule has 0 aliphatic rings. The third-order valence-electron chi connectivity index (χ3n) is 2.97. The van der Waals surface area contributed by atoms with Gasteiger partial charge in [0.1, 0.15) is 6.61 Å². The zero-order chi connectivity index (χ0) is 15.1. The summed E-state index contributed by atoms with van der Waals surface area (Å²) < 4.78 is 8.25. The SMILES string of the molecule is C=CCn1nc(-c2ccc(Cl)s2)nc1COCCCCC. The van der Waals surface area contributed by atoms with Crippen LogP contribution in [-0.4, -0.2) is 21.4 Å². The second kappa shape index (κ2) is 8.32. The summed E-state index contributed by atoms with van der Waals surface area (Å²) in [5, 5.41) is 4.50. The Kier molecular flexibility index (Phi) is 6.42. The van der Waals surface area contributed by atoms with Gasteiger partial charge in [-0.25, -0.2) is 9.67 Å². The van der Waals surface area contributed by atoms with Crippen LogP contribution in [0.5, 0.6) is 0 Å². The van der Waals surface area contributed by atoms with E-state index in [4.69, 9.17) is 16.3 Å². The molecule has 6 heteroatoms. The fourth-order valence-corrected chi connectivity index (χ4v) is 2.88. The van der Waals surface area contributed by atoms with E-state index in [0.29, 0.717) is 19.0 Å². The minimum atomic E-state index is 0.476. The van der Waals surface area contributed by atoms with Crippen molar-refractivity contribution in [3.8, 4) is 10.7 Å². The first kappa shape index (κ1) is 16.2. The van der Waals surface area contributed by atoms with Crippen molar-refractivity contribution < 1.29 is 4.74 Å². The Morgan fingerprint density at radius 3 is 2.95 bits per heavy atom. The van der Waals surface area contributed by atoms with Crippen molar-refractivity contribution in [2.45, 2.75) is 39.3 Å². The maximum atomic E-state index is 5.97. The van der Waals surface area contributed by atoms with Crippen molar-refractivity contribution in [3.05, 3.63) is 34.9 Å². The van der Waals surface area contributed by atoms with Gasteiger partial charge in [-0.15, -0.1) is 23.0 Å². The quantitative estimate of drug-likeness (QED) is 0.501. The number of thiophene rings is 1. The minimum absolute atomic E-state index is 0.476. The zero-order valence-corrected chi connectivity index (χ0v) is 13.8. The van der Waals surface area contributed by atoms with E-state index in [1.807, 2.05) is 16.8 Å². The molecule has 0 radical (unpaired) electrons. The van der Waals surface area contributed by atoms with E-state index < -0.39 is 0 Å². The van der Waals surface area contributed by atoms with Gasteiger partial charge in [-0.05, 0) is 18.6 Å². The molecular formula is C15H20ClN3OS. The second-order valence-corrected chi connectivity index (χ2v) is 6.40. The Hall–Kier alpha value is -1.17. The lowest BCUT2D eigenvalue weighted by atomic mass is 10.3. The van der Waals surface area contributed by atoms with Crippen molar-refractivity contribution >= 4 is 22.9 Å². The standard InChI is InChI=1S/C15H20ClN3OS/c1-3-5-6-10-20-11-14-17-15(18-19(14)9-4-2)12-7-8-13(16)21-12/h4,7-8H,2-3,5-6,9-11H2,1H3. The monoisotopic (exact) mass is 325 g/mol. The molecule has 0 atom stereocenters. The molecule has 0 saturated carbocycles. The number of allylic oxidation sites excluding steroid dienone is 1. The fourth-order valence-electron chi connectivity index (χ4n) is 1.91. The van der Waals surface area contributed by atoms with Gasteiger partial charge >= 0.3 is 0 Å². The van der Waals surface area contributed by atoms with E-state index in [9.17, 15) is 0 Å². The lowest BCUT2D eigenvalue weighted by Crippen LogP contribution is -2.06. The van der Waals surface area contributed by atoms with Gasteiger partial charge in [0.15, 0.2) is 11.6 Å². The highest BCUT2D eigenvalue weighted by Crippen LogP contribution is 2.29. The van der Waals surface area contributed by atoms with Crippen molar-refractivity contribution in [3.63, 3.8) is 0 Å². The number of aromatic nitrogens is 3. The first-order valence-electron chi connectivity index (χ1n) is 7.12. The highest BCUT2D eigenvalue weighted by molar-refractivity contribution is 7.19. The Morgan fingerprint density at radius 2 is 2.29 bits per heavy atom. The number of nitrogens with zero attached hydrogens (tertiary/aromatic N) is 3. The molecule has 21 heavy (non-hydrogen) atoms. The Bertz CT molecular complexity index is 579. The first-order chi connectivity index (χ1) is 10.2. The lowest BCUT2D eigenvalue weighted by Gasteiger charge is -2.04. The van der Waals surface area contributed by atoms with Gasteiger partial charge in [-0.2, -0.15) is 0 Å². The van der Waals surface area contributed by atoms with Crippen LogP contribution in [0, 0.1) is 0 Å². The van der Waals surface area contributed by atoms with Gasteiger partial charge in [0.2, 0.25) is 0 Å². The van der Waals surface area contributed by atoms with Crippen molar-refractivity contribution in [2.24, 2.45) is 0 Å². The summed E-state index contributed by atoms with van der Waals surface area (Å²) in [6.45, 7) is 7.80. The molecule has 2 aromatic rings. The van der Waals surface area contributed by atoms with Crippen molar-refractivity contribution in [1.29, 1.82) is 0 Å². The van der Waals surface area contributed by atoms with Crippen molar-refractivity contribution in [2.75, 3.05) is 6.61 Å². The smallest absolute Gasteiger partial charge is 0.191 e. The molecule has 0 unspecified atom stereocenters. The molecule has 4 nitrogen and oxygen atoms in total. The van der Waals surface area contributed by atoms with Gasteiger partial charge in [-0.3, -0.25) is 0 Å². The van der Waals surface area contributed by atoms with E-state index in [1.165, 1.54) is 24.2 Å². The third-order valence-corrected chi connectivity index (χ3v) is 4.19. The van der Waals surface area contributed by atoms with Crippen molar-refractivity contribution in [1.82, 2.24) is 14.8 Å². The number of ether oxygens (including phenoxy) is 1. The first-order valence-corrected chi connectivity index (χ1v) is 8.32. The molecule has 0 aliphatic heterocycles. The summed E-state index contributed by atoms with van der Waals surface area (Å²) in [7, 11) is 0. The highest BCUT2D eigenvalue weighted by atomic mass is 35.5. The molecule has 2 rings (SSSR count). The molecule has 0 fully saturated rings. The van der Waals surface area contributed by atoms with Crippen LogP contribution in [0.25, 0.3) is 10.7 Å². The summed E-state index contributed by atoms with van der Waals surface area (Å²) in [6.07, 6.45) is 5.28. The Balaban J connectivity index is 2.04. The van der Waals surface area contributed by atoms with Crippen LogP contribution in [0.3, 0.4) is 0 Å². The van der Waals surface area contributed by atoms with Crippen LogP contribution in [0.15, 0.2) is 24.8 Å². The molecular weight excluding hydrogens is 306 g/mol. The molecule has 0 amide bonds. The Labute approximate surface area is 134 Å². The fraction of sp³-hybridized carbons (Fsp3) is 0.467. The molecule has 0 bridgehead atoms. The number of hydrogen-bond donors (Lipinski definition) is 0. The van der Waals surface area contributed by atoms with Crippen LogP contribution in [0.1, 0.15) is 32.0 Å². The molecule has 0 spiro atoms. The zero-order valence-electron chi connectivity index (χ0n) is 12.2. The van der Waals surface area contributed by atoms with Gasteiger partial charge in [-0.1, -0.05) is 37.4 Å². The molecule has 2 aromatic heterocycles. The van der Waals surface area contributed by atoms with E-state index in [2.05, 4.69) is 23.6 Å². The molecule has 0 N–H and O–H groups in total. The average molecular weight is 326 g/mol. The summed E-state index contributed by atoms with van der Waals surface area (Å²) in [4.78, 5) is 5.53. The van der Waals surface area contributed by atoms with Gasteiger partial charge < -0.3 is 4.74 Å². The Morgan fingerprint density at radius 1 is 1.43 bits per heavy atom. The average Bonchev–Trinajstić information content (AvgIpc) is 3.06. The van der Waals surface area contributed by atoms with Crippen LogP contribution < -0.4 is 0 Å². The van der Waals surface area contributed by atoms with E-state index in [1.54, 1.807) is 6.08 Å². The van der Waals surface area contributed by atoms with Gasteiger partial charge in [0.25, 0.3) is 0 Å². The summed E-state index contributed by atoms with van der Waals surface area (Å²) in [5.41, 5.74) is 0. The molecule has 0 aromatic carbocycles. The number of unbranched alkanes of at least 4 members (excludes halogenated alkanes) is 2.